The topological polar surface area (TPSA) is 69.9 Å². The third-order valence-electron chi connectivity index (χ3n) is 3.89. The van der Waals surface area contributed by atoms with Gasteiger partial charge in [-0.05, 0) is 35.4 Å². The third-order valence-corrected chi connectivity index (χ3v) is 3.89. The first-order chi connectivity index (χ1) is 10.7. The lowest BCUT2D eigenvalue weighted by Crippen LogP contribution is -2.13. The zero-order valence-corrected chi connectivity index (χ0v) is 12.0. The molecular weight excluding hydrogens is 280 g/mol. The van der Waals surface area contributed by atoms with Crippen LogP contribution in [0.5, 0.6) is 11.5 Å². The van der Waals surface area contributed by atoms with Crippen molar-refractivity contribution in [2.45, 2.75) is 12.0 Å². The number of phenols is 1. The highest BCUT2D eigenvalue weighted by atomic mass is 16.5. The summed E-state index contributed by atoms with van der Waals surface area (Å²) in [6.45, 7) is -0.0289. The Hall–Kier alpha value is -2.30. The van der Waals surface area contributed by atoms with Crippen molar-refractivity contribution in [1.82, 2.24) is 0 Å². The second kappa shape index (κ2) is 6.22. The van der Waals surface area contributed by atoms with E-state index in [0.717, 1.165) is 22.4 Å². The lowest BCUT2D eigenvalue weighted by Gasteiger charge is -2.17. The number of phenolic OH excluding ortho intramolecular Hbond substituents is 1. The second-order valence-corrected chi connectivity index (χ2v) is 5.30. The van der Waals surface area contributed by atoms with Crippen molar-refractivity contribution in [3.63, 3.8) is 0 Å². The Kier molecular flexibility index (Phi) is 4.13. The summed E-state index contributed by atoms with van der Waals surface area (Å²) in [6.07, 6.45) is 3.24. The summed E-state index contributed by atoms with van der Waals surface area (Å²) in [7, 11) is 0. The van der Waals surface area contributed by atoms with Gasteiger partial charge in [-0.1, -0.05) is 30.4 Å². The number of hydrogen-bond acceptors (Lipinski definition) is 4. The van der Waals surface area contributed by atoms with Gasteiger partial charge in [0.1, 0.15) is 17.6 Å². The third kappa shape index (κ3) is 2.71. The largest absolute Gasteiger partial charge is 0.508 e. The van der Waals surface area contributed by atoms with Gasteiger partial charge >= 0.3 is 0 Å². The summed E-state index contributed by atoms with van der Waals surface area (Å²) in [5.74, 6) is 0.816. The standard InChI is InChI=1S/C18H18O4/c19-9-1-2-12-3-8-17-15(10-12)16(11-20)18(22-17)13-4-6-14(21)7-5-13/h1-8,10,16,18-21H,9,11H2/b2-1+/t16-,18+/m1/s1. The Morgan fingerprint density at radius 2 is 1.82 bits per heavy atom. The van der Waals surface area contributed by atoms with Gasteiger partial charge in [-0.15, -0.1) is 0 Å². The Morgan fingerprint density at radius 3 is 2.50 bits per heavy atom. The van der Waals surface area contributed by atoms with Crippen molar-refractivity contribution in [2.24, 2.45) is 0 Å². The first kappa shape index (κ1) is 14.6. The zero-order chi connectivity index (χ0) is 15.5. The van der Waals surface area contributed by atoms with Crippen LogP contribution in [-0.2, 0) is 0 Å². The molecule has 3 N–H and O–H groups in total. The second-order valence-electron chi connectivity index (χ2n) is 5.30. The fourth-order valence-corrected chi connectivity index (χ4v) is 2.80. The number of aliphatic hydroxyl groups excluding tert-OH is 2. The predicted molar refractivity (Wildman–Crippen MR) is 83.9 cm³/mol. The maximum absolute atomic E-state index is 9.78. The fourth-order valence-electron chi connectivity index (χ4n) is 2.80. The molecule has 0 bridgehead atoms. The van der Waals surface area contributed by atoms with E-state index in [0.29, 0.717) is 0 Å². The van der Waals surface area contributed by atoms with E-state index >= 15 is 0 Å². The van der Waals surface area contributed by atoms with Gasteiger partial charge in [0.15, 0.2) is 0 Å². The van der Waals surface area contributed by atoms with Gasteiger partial charge < -0.3 is 20.1 Å². The van der Waals surface area contributed by atoms with Crippen LogP contribution in [0.2, 0.25) is 0 Å². The quantitative estimate of drug-likeness (QED) is 0.811. The van der Waals surface area contributed by atoms with Gasteiger partial charge in [0, 0.05) is 5.56 Å². The highest BCUT2D eigenvalue weighted by molar-refractivity contribution is 5.56. The van der Waals surface area contributed by atoms with Crippen molar-refractivity contribution in [2.75, 3.05) is 13.2 Å². The van der Waals surface area contributed by atoms with Crippen LogP contribution in [-0.4, -0.2) is 28.5 Å². The van der Waals surface area contributed by atoms with Crippen LogP contribution in [0.3, 0.4) is 0 Å². The molecule has 22 heavy (non-hydrogen) atoms. The molecule has 114 valence electrons. The molecule has 2 atom stereocenters. The van der Waals surface area contributed by atoms with Crippen molar-refractivity contribution in [1.29, 1.82) is 0 Å². The lowest BCUT2D eigenvalue weighted by molar-refractivity contribution is 0.160. The summed E-state index contributed by atoms with van der Waals surface area (Å²) in [5, 5.41) is 28.0. The molecule has 1 aliphatic rings. The molecule has 4 heteroatoms. The Morgan fingerprint density at radius 1 is 1.05 bits per heavy atom. The molecule has 0 aliphatic carbocycles. The molecule has 2 aromatic rings. The number of hydrogen-bond donors (Lipinski definition) is 3. The Labute approximate surface area is 128 Å². The van der Waals surface area contributed by atoms with E-state index in [1.807, 2.05) is 24.3 Å². The Balaban J connectivity index is 1.93. The molecule has 3 rings (SSSR count). The first-order valence-electron chi connectivity index (χ1n) is 7.20. The monoisotopic (exact) mass is 298 g/mol. The highest BCUT2D eigenvalue weighted by Gasteiger charge is 2.35. The minimum atomic E-state index is -0.266. The van der Waals surface area contributed by atoms with Crippen molar-refractivity contribution < 1.29 is 20.1 Å². The SMILES string of the molecule is OC/C=C/c1ccc2c(c1)[C@@H](CO)[C@H](c1ccc(O)cc1)O2. The van der Waals surface area contributed by atoms with Gasteiger partial charge in [0.05, 0.1) is 19.1 Å². The number of rotatable bonds is 4. The number of aliphatic hydroxyl groups is 2. The Bertz CT molecular complexity index is 676. The van der Waals surface area contributed by atoms with Gasteiger partial charge in [0.2, 0.25) is 0 Å². The van der Waals surface area contributed by atoms with Crippen LogP contribution < -0.4 is 4.74 Å². The van der Waals surface area contributed by atoms with E-state index in [-0.39, 0.29) is 31.0 Å². The predicted octanol–water partition coefficient (Wildman–Crippen LogP) is 2.61. The van der Waals surface area contributed by atoms with Crippen LogP contribution in [0.4, 0.5) is 0 Å². The van der Waals surface area contributed by atoms with E-state index in [1.165, 1.54) is 0 Å². The van der Waals surface area contributed by atoms with Crippen molar-refractivity contribution in [3.8, 4) is 11.5 Å². The van der Waals surface area contributed by atoms with Gasteiger partial charge in [-0.2, -0.15) is 0 Å². The van der Waals surface area contributed by atoms with Gasteiger partial charge in [-0.25, -0.2) is 0 Å². The summed E-state index contributed by atoms with van der Waals surface area (Å²) >= 11 is 0. The average molecular weight is 298 g/mol. The number of benzene rings is 2. The minimum Gasteiger partial charge on any atom is -0.508 e. The molecule has 2 aromatic carbocycles. The summed E-state index contributed by atoms with van der Waals surface area (Å²) in [4.78, 5) is 0. The van der Waals surface area contributed by atoms with Gasteiger partial charge in [0.25, 0.3) is 0 Å². The van der Waals surface area contributed by atoms with Gasteiger partial charge in [-0.3, -0.25) is 0 Å². The molecule has 0 radical (unpaired) electrons. The number of fused-ring (bicyclic) bond motifs is 1. The van der Waals surface area contributed by atoms with E-state index in [2.05, 4.69) is 0 Å². The van der Waals surface area contributed by atoms with E-state index in [9.17, 15) is 10.2 Å². The van der Waals surface area contributed by atoms with Crippen molar-refractivity contribution in [3.05, 3.63) is 65.2 Å². The average Bonchev–Trinajstić information content (AvgIpc) is 2.91. The minimum absolute atomic E-state index is 0.00680. The molecule has 0 amide bonds. The smallest absolute Gasteiger partial charge is 0.133 e. The van der Waals surface area contributed by atoms with Crippen LogP contribution in [0.1, 0.15) is 28.7 Å². The molecule has 0 aromatic heterocycles. The van der Waals surface area contributed by atoms with E-state index in [4.69, 9.17) is 9.84 Å². The summed E-state index contributed by atoms with van der Waals surface area (Å²) in [5.41, 5.74) is 2.84. The molecule has 0 spiro atoms. The van der Waals surface area contributed by atoms with E-state index < -0.39 is 0 Å². The molecule has 0 saturated carbocycles. The molecule has 1 aliphatic heterocycles. The molecular formula is C18H18O4. The van der Waals surface area contributed by atoms with E-state index in [1.54, 1.807) is 30.3 Å². The maximum atomic E-state index is 9.78. The first-order valence-corrected chi connectivity index (χ1v) is 7.20. The lowest BCUT2D eigenvalue weighted by atomic mass is 9.91. The molecule has 1 heterocycles. The van der Waals surface area contributed by atoms with Crippen LogP contribution in [0, 0.1) is 0 Å². The van der Waals surface area contributed by atoms with Crippen LogP contribution >= 0.6 is 0 Å². The maximum Gasteiger partial charge on any atom is 0.133 e. The van der Waals surface area contributed by atoms with Crippen molar-refractivity contribution >= 4 is 6.08 Å². The molecule has 0 fully saturated rings. The number of ether oxygens (including phenoxy) is 1. The fraction of sp³-hybridized carbons (Fsp3) is 0.222. The van der Waals surface area contributed by atoms with Crippen LogP contribution in [0.25, 0.3) is 6.08 Å². The molecule has 0 unspecified atom stereocenters. The number of aromatic hydroxyl groups is 1. The zero-order valence-electron chi connectivity index (χ0n) is 12.0. The normalized spacial score (nSPS) is 20.1. The molecule has 0 saturated heterocycles. The highest BCUT2D eigenvalue weighted by Crippen LogP contribution is 2.46. The summed E-state index contributed by atoms with van der Waals surface area (Å²) < 4.78 is 5.98. The molecule has 4 nitrogen and oxygen atoms in total. The summed E-state index contributed by atoms with van der Waals surface area (Å²) in [6, 6.07) is 12.6. The van der Waals surface area contributed by atoms with Crippen LogP contribution in [0.15, 0.2) is 48.5 Å².